The third kappa shape index (κ3) is 3.23. The summed E-state index contributed by atoms with van der Waals surface area (Å²) in [5.41, 5.74) is 5.32. The molecule has 2 nitrogen and oxygen atoms in total. The van der Waals surface area contributed by atoms with Crippen molar-refractivity contribution in [3.63, 3.8) is 0 Å². The van der Waals surface area contributed by atoms with Gasteiger partial charge in [-0.15, -0.1) is 0 Å². The van der Waals surface area contributed by atoms with Crippen LogP contribution in [-0.2, 0) is 0 Å². The van der Waals surface area contributed by atoms with Crippen molar-refractivity contribution in [3.8, 4) is 0 Å². The standard InChI is InChI=1S/C7H11NOSi.Li.H/c8-6-10(9)7-4-2-1-3-5-7;;/h1-5,9-10H,6,8H2;;. The summed E-state index contributed by atoms with van der Waals surface area (Å²) in [6, 6.07) is 9.61. The fourth-order valence-corrected chi connectivity index (χ4v) is 1.75. The van der Waals surface area contributed by atoms with Crippen molar-refractivity contribution in [2.24, 2.45) is 5.73 Å². The number of rotatable bonds is 2. The Labute approximate surface area is 80.3 Å². The molecule has 4 heteroatoms. The molecule has 0 amide bonds. The fourth-order valence-electron chi connectivity index (χ4n) is 0.811. The number of benzene rings is 1. The van der Waals surface area contributed by atoms with Crippen LogP contribution in [0.5, 0.6) is 0 Å². The van der Waals surface area contributed by atoms with Gasteiger partial charge in [0.15, 0.2) is 0 Å². The Hall–Kier alpha value is -0.0457. The molecule has 0 saturated heterocycles. The van der Waals surface area contributed by atoms with E-state index in [0.717, 1.165) is 5.19 Å². The van der Waals surface area contributed by atoms with E-state index in [0.29, 0.717) is 6.17 Å². The van der Waals surface area contributed by atoms with Crippen LogP contribution < -0.4 is 10.9 Å². The maximum atomic E-state index is 9.34. The van der Waals surface area contributed by atoms with Crippen molar-refractivity contribution >= 4 is 33.1 Å². The third-order valence-corrected chi connectivity index (χ3v) is 3.01. The average Bonchev–Trinajstić information content (AvgIpc) is 2.05. The number of hydrogen-bond donors (Lipinski definition) is 2. The van der Waals surface area contributed by atoms with Crippen LogP contribution in [0.15, 0.2) is 30.3 Å². The zero-order valence-electron chi connectivity index (χ0n) is 5.70. The Kier molecular flexibility index (Phi) is 5.56. The van der Waals surface area contributed by atoms with Gasteiger partial charge < -0.3 is 10.5 Å². The van der Waals surface area contributed by atoms with Crippen LogP contribution in [0.2, 0.25) is 0 Å². The molecule has 1 atom stereocenters. The van der Waals surface area contributed by atoms with E-state index in [9.17, 15) is 4.80 Å². The SMILES string of the molecule is NC[SiH](O)c1ccccc1.[LiH]. The minimum atomic E-state index is -1.76. The van der Waals surface area contributed by atoms with E-state index in [1.54, 1.807) is 0 Å². The number of nitrogens with two attached hydrogens (primary N) is 1. The van der Waals surface area contributed by atoms with E-state index in [1.807, 2.05) is 30.3 Å². The fraction of sp³-hybridized carbons (Fsp3) is 0.143. The van der Waals surface area contributed by atoms with Gasteiger partial charge in [-0.05, 0) is 5.19 Å². The molecule has 0 aliphatic rings. The van der Waals surface area contributed by atoms with Crippen LogP contribution in [-0.4, -0.2) is 38.9 Å². The van der Waals surface area contributed by atoms with E-state index in [1.165, 1.54) is 0 Å². The molecule has 1 aromatic rings. The Morgan fingerprint density at radius 3 is 2.27 bits per heavy atom. The van der Waals surface area contributed by atoms with E-state index in [4.69, 9.17) is 5.73 Å². The van der Waals surface area contributed by atoms with Gasteiger partial charge in [0.1, 0.15) is 0 Å². The van der Waals surface area contributed by atoms with Crippen LogP contribution in [0, 0.1) is 0 Å². The first-order chi connectivity index (χ1) is 4.84. The summed E-state index contributed by atoms with van der Waals surface area (Å²) in [4.78, 5) is 9.34. The molecule has 0 aromatic heterocycles. The van der Waals surface area contributed by atoms with Crippen molar-refractivity contribution in [1.82, 2.24) is 0 Å². The van der Waals surface area contributed by atoms with Gasteiger partial charge in [-0.3, -0.25) is 0 Å². The second kappa shape index (κ2) is 5.59. The molecule has 0 aliphatic carbocycles. The van der Waals surface area contributed by atoms with E-state index < -0.39 is 9.04 Å². The predicted octanol–water partition coefficient (Wildman–Crippen LogP) is -1.54. The average molecular weight is 161 g/mol. The van der Waals surface area contributed by atoms with Gasteiger partial charge in [-0.25, -0.2) is 0 Å². The summed E-state index contributed by atoms with van der Waals surface area (Å²) >= 11 is 0. The Morgan fingerprint density at radius 2 is 1.82 bits per heavy atom. The molecule has 0 spiro atoms. The second-order valence-electron chi connectivity index (χ2n) is 2.16. The van der Waals surface area contributed by atoms with Gasteiger partial charge in [-0.1, -0.05) is 30.3 Å². The Balaban J connectivity index is 0.000001000. The molecule has 0 bridgehead atoms. The first-order valence-electron chi connectivity index (χ1n) is 3.27. The molecule has 56 valence electrons. The van der Waals surface area contributed by atoms with Crippen molar-refractivity contribution in [1.29, 1.82) is 0 Å². The zero-order chi connectivity index (χ0) is 7.40. The van der Waals surface area contributed by atoms with Gasteiger partial charge >= 0.3 is 18.9 Å². The molecule has 0 fully saturated rings. The molecule has 0 aliphatic heterocycles. The van der Waals surface area contributed by atoms with Gasteiger partial charge in [0.25, 0.3) is 0 Å². The van der Waals surface area contributed by atoms with E-state index >= 15 is 0 Å². The Morgan fingerprint density at radius 1 is 1.27 bits per heavy atom. The molecule has 11 heavy (non-hydrogen) atoms. The summed E-state index contributed by atoms with van der Waals surface area (Å²) in [6.45, 7) is 0. The third-order valence-electron chi connectivity index (χ3n) is 1.41. The topological polar surface area (TPSA) is 46.2 Å². The molecule has 0 saturated carbocycles. The summed E-state index contributed by atoms with van der Waals surface area (Å²) in [5.74, 6) is 0. The minimum absolute atomic E-state index is 0. The quantitative estimate of drug-likeness (QED) is 0.516. The van der Waals surface area contributed by atoms with Crippen molar-refractivity contribution in [3.05, 3.63) is 30.3 Å². The van der Waals surface area contributed by atoms with E-state index in [-0.39, 0.29) is 18.9 Å². The molecular formula is C7H12LiNOSi. The molecular weight excluding hydrogens is 149 g/mol. The second-order valence-corrected chi connectivity index (χ2v) is 4.33. The normalized spacial score (nSPS) is 11.8. The zero-order valence-corrected chi connectivity index (χ0v) is 6.85. The first kappa shape index (κ1) is 11.0. The van der Waals surface area contributed by atoms with Crippen molar-refractivity contribution in [2.75, 3.05) is 6.17 Å². The molecule has 3 N–H and O–H groups in total. The Bertz CT molecular complexity index is 195. The maximum absolute atomic E-state index is 9.34. The summed E-state index contributed by atoms with van der Waals surface area (Å²) in [7, 11) is -1.76. The number of hydrogen-bond acceptors (Lipinski definition) is 2. The molecule has 1 rings (SSSR count). The van der Waals surface area contributed by atoms with Gasteiger partial charge in [0.2, 0.25) is 9.04 Å². The van der Waals surface area contributed by atoms with Gasteiger partial charge in [-0.2, -0.15) is 0 Å². The van der Waals surface area contributed by atoms with Crippen LogP contribution >= 0.6 is 0 Å². The molecule has 0 radical (unpaired) electrons. The van der Waals surface area contributed by atoms with Gasteiger partial charge in [0.05, 0.1) is 0 Å². The summed E-state index contributed by atoms with van der Waals surface area (Å²) < 4.78 is 0. The van der Waals surface area contributed by atoms with Crippen molar-refractivity contribution in [2.45, 2.75) is 0 Å². The monoisotopic (exact) mass is 161 g/mol. The van der Waals surface area contributed by atoms with E-state index in [2.05, 4.69) is 0 Å². The van der Waals surface area contributed by atoms with Crippen LogP contribution in [0.3, 0.4) is 0 Å². The van der Waals surface area contributed by atoms with Gasteiger partial charge in [0, 0.05) is 6.17 Å². The van der Waals surface area contributed by atoms with Crippen molar-refractivity contribution < 1.29 is 4.80 Å². The molecule has 1 aromatic carbocycles. The summed E-state index contributed by atoms with van der Waals surface area (Å²) in [6.07, 6.45) is 0.421. The van der Waals surface area contributed by atoms with Crippen LogP contribution in [0.1, 0.15) is 0 Å². The molecule has 0 heterocycles. The van der Waals surface area contributed by atoms with Crippen LogP contribution in [0.4, 0.5) is 0 Å². The molecule has 1 unspecified atom stereocenters. The predicted molar refractivity (Wildman–Crippen MR) is 51.6 cm³/mol. The first-order valence-corrected chi connectivity index (χ1v) is 5.18. The van der Waals surface area contributed by atoms with Crippen LogP contribution in [0.25, 0.3) is 0 Å². The summed E-state index contributed by atoms with van der Waals surface area (Å²) in [5, 5.41) is 1.02.